The summed E-state index contributed by atoms with van der Waals surface area (Å²) in [6.45, 7) is 8.91. The first-order valence-electron chi connectivity index (χ1n) is 20.4. The molecule has 0 amide bonds. The fourth-order valence-electron chi connectivity index (χ4n) is 7.38. The molecule has 4 heteroatoms. The molecule has 0 aliphatic rings. The Kier molecular flexibility index (Phi) is 15.4. The molecule has 0 saturated carbocycles. The van der Waals surface area contributed by atoms with E-state index in [1.54, 1.807) is 0 Å². The lowest BCUT2D eigenvalue weighted by molar-refractivity contribution is 0.146. The summed E-state index contributed by atoms with van der Waals surface area (Å²) in [5.41, 5.74) is 19.8. The normalized spacial score (nSPS) is 14.1. The van der Waals surface area contributed by atoms with Crippen molar-refractivity contribution < 1.29 is 0 Å². The van der Waals surface area contributed by atoms with E-state index < -0.39 is 0 Å². The fraction of sp³-hybridized carbons (Fsp3) is 0.164. The molecule has 4 atom stereocenters. The topological polar surface area (TPSA) is 53.3 Å². The number of nitrogens with one attached hydrogen (secondary N) is 2. The van der Waals surface area contributed by atoms with Crippen molar-refractivity contribution in [3.63, 3.8) is 0 Å². The van der Waals surface area contributed by atoms with Gasteiger partial charge in [0.25, 0.3) is 0 Å². The molecule has 0 fully saturated rings. The smallest absolute Gasteiger partial charge is 0.0875 e. The summed E-state index contributed by atoms with van der Waals surface area (Å²) in [5.74, 6) is 2.84. The average Bonchev–Trinajstić information content (AvgIpc) is 3.29. The van der Waals surface area contributed by atoms with E-state index in [0.29, 0.717) is 13.0 Å². The van der Waals surface area contributed by atoms with Crippen LogP contribution in [0.2, 0.25) is 0 Å². The lowest BCUT2D eigenvalue weighted by Gasteiger charge is -2.34. The van der Waals surface area contributed by atoms with Crippen LogP contribution in [0.3, 0.4) is 0 Å². The lowest BCUT2D eigenvalue weighted by atomic mass is 9.98. The van der Waals surface area contributed by atoms with Crippen LogP contribution in [0.1, 0.15) is 60.4 Å². The van der Waals surface area contributed by atoms with Gasteiger partial charge >= 0.3 is 0 Å². The lowest BCUT2D eigenvalue weighted by Crippen LogP contribution is -2.41. The van der Waals surface area contributed by atoms with Crippen LogP contribution in [0.25, 0.3) is 33.4 Å². The quantitative estimate of drug-likeness (QED) is 0.0463. The second kappa shape index (κ2) is 21.4. The summed E-state index contributed by atoms with van der Waals surface area (Å²) >= 11 is 0. The zero-order chi connectivity index (χ0) is 41.4. The third-order valence-electron chi connectivity index (χ3n) is 10.8. The zero-order valence-corrected chi connectivity index (χ0v) is 34.5. The number of terminal acetylenes is 1. The van der Waals surface area contributed by atoms with Gasteiger partial charge < -0.3 is 11.1 Å². The highest BCUT2D eigenvalue weighted by Crippen LogP contribution is 2.29. The number of rotatable bonds is 18. The predicted octanol–water partition coefficient (Wildman–Crippen LogP) is 12.0. The maximum Gasteiger partial charge on any atom is 0.0875 e. The van der Waals surface area contributed by atoms with Gasteiger partial charge in [0.1, 0.15) is 0 Å². The van der Waals surface area contributed by atoms with Crippen molar-refractivity contribution in [2.24, 2.45) is 5.73 Å². The average molecular weight is 773 g/mol. The van der Waals surface area contributed by atoms with Crippen molar-refractivity contribution in [1.29, 1.82) is 0 Å². The molecule has 6 aromatic carbocycles. The zero-order valence-electron chi connectivity index (χ0n) is 34.5. The molecule has 0 heterocycles. The SMILES string of the molecule is C#CCC(/C=C/C=C(\C)c1ccc(CNC(c2ccc(-c3ccccc3)cc2)N(C)C(N)c2ccc(-c3ccccc3)cc2)cc1)NC(C)/C(=C\C=C)c1ccccc1. The number of benzene rings is 6. The van der Waals surface area contributed by atoms with Crippen LogP contribution in [-0.4, -0.2) is 24.0 Å². The Balaban J connectivity index is 1.14. The van der Waals surface area contributed by atoms with Gasteiger partial charge in [-0.15, -0.1) is 12.3 Å². The Morgan fingerprint density at radius 1 is 0.695 bits per heavy atom. The molecule has 0 radical (unpaired) electrons. The summed E-state index contributed by atoms with van der Waals surface area (Å²) in [7, 11) is 2.09. The largest absolute Gasteiger partial charge is 0.312 e. The van der Waals surface area contributed by atoms with E-state index in [0.717, 1.165) is 11.1 Å². The minimum Gasteiger partial charge on any atom is -0.312 e. The van der Waals surface area contributed by atoms with E-state index in [2.05, 4.69) is 219 Å². The van der Waals surface area contributed by atoms with Gasteiger partial charge in [0.15, 0.2) is 0 Å². The maximum absolute atomic E-state index is 7.01. The molecule has 6 aromatic rings. The highest BCUT2D eigenvalue weighted by molar-refractivity contribution is 5.71. The Labute approximate surface area is 352 Å². The predicted molar refractivity (Wildman–Crippen MR) is 252 cm³/mol. The second-order valence-corrected chi connectivity index (χ2v) is 14.9. The van der Waals surface area contributed by atoms with Crippen molar-refractivity contribution in [2.75, 3.05) is 7.05 Å². The van der Waals surface area contributed by atoms with E-state index in [1.165, 1.54) is 50.1 Å². The van der Waals surface area contributed by atoms with Gasteiger partial charge in [-0.25, -0.2) is 0 Å². The summed E-state index contributed by atoms with van der Waals surface area (Å²) in [6.07, 6.45) is 16.2. The van der Waals surface area contributed by atoms with Crippen LogP contribution in [0.15, 0.2) is 201 Å². The monoisotopic (exact) mass is 772 g/mol. The number of hydrogen-bond donors (Lipinski definition) is 3. The number of hydrogen-bond acceptors (Lipinski definition) is 4. The molecular formula is C55H56N4. The van der Waals surface area contributed by atoms with E-state index in [1.807, 2.05) is 24.3 Å². The van der Waals surface area contributed by atoms with E-state index in [9.17, 15) is 0 Å². The van der Waals surface area contributed by atoms with Crippen molar-refractivity contribution in [1.82, 2.24) is 15.5 Å². The highest BCUT2D eigenvalue weighted by atomic mass is 15.3. The van der Waals surface area contributed by atoms with Crippen LogP contribution in [0.4, 0.5) is 0 Å². The first kappa shape index (κ1) is 42.3. The summed E-state index contributed by atoms with van der Waals surface area (Å²) < 4.78 is 0. The molecule has 59 heavy (non-hydrogen) atoms. The first-order chi connectivity index (χ1) is 28.8. The Morgan fingerprint density at radius 3 is 1.76 bits per heavy atom. The Bertz CT molecular complexity index is 2340. The third kappa shape index (κ3) is 11.6. The fourth-order valence-corrected chi connectivity index (χ4v) is 7.38. The Hall–Kier alpha value is -6.32. The molecule has 0 aromatic heterocycles. The summed E-state index contributed by atoms with van der Waals surface area (Å²) in [4.78, 5) is 2.21. The Morgan fingerprint density at radius 2 is 1.22 bits per heavy atom. The van der Waals surface area contributed by atoms with Crippen molar-refractivity contribution in [3.05, 3.63) is 229 Å². The van der Waals surface area contributed by atoms with Crippen molar-refractivity contribution in [2.45, 2.75) is 51.2 Å². The minimum atomic E-state index is -0.331. The van der Waals surface area contributed by atoms with Gasteiger partial charge in [-0.05, 0) is 82.1 Å². The van der Waals surface area contributed by atoms with E-state index in [4.69, 9.17) is 12.2 Å². The van der Waals surface area contributed by atoms with Gasteiger partial charge in [-0.3, -0.25) is 10.2 Å². The van der Waals surface area contributed by atoms with Gasteiger partial charge in [0, 0.05) is 25.0 Å². The highest BCUT2D eigenvalue weighted by Gasteiger charge is 2.23. The number of nitrogens with zero attached hydrogens (tertiary/aromatic N) is 1. The molecule has 0 aliphatic carbocycles. The molecule has 0 bridgehead atoms. The molecule has 0 aliphatic heterocycles. The second-order valence-electron chi connectivity index (χ2n) is 14.9. The number of nitrogens with two attached hydrogens (primary N) is 1. The van der Waals surface area contributed by atoms with Crippen LogP contribution in [0, 0.1) is 12.3 Å². The molecule has 4 nitrogen and oxygen atoms in total. The molecule has 296 valence electrons. The van der Waals surface area contributed by atoms with Crippen LogP contribution >= 0.6 is 0 Å². The molecule has 0 saturated heterocycles. The summed E-state index contributed by atoms with van der Waals surface area (Å²) in [6, 6.07) is 57.5. The maximum atomic E-state index is 7.01. The molecule has 4 N–H and O–H groups in total. The van der Waals surface area contributed by atoms with Gasteiger partial charge in [0.2, 0.25) is 0 Å². The number of allylic oxidation sites excluding steroid dienone is 5. The van der Waals surface area contributed by atoms with Crippen molar-refractivity contribution >= 4 is 11.1 Å². The van der Waals surface area contributed by atoms with Gasteiger partial charge in [0.05, 0.1) is 12.3 Å². The van der Waals surface area contributed by atoms with Crippen LogP contribution in [0.5, 0.6) is 0 Å². The third-order valence-corrected chi connectivity index (χ3v) is 10.8. The molecule has 0 spiro atoms. The van der Waals surface area contributed by atoms with Crippen LogP contribution in [-0.2, 0) is 6.54 Å². The molecule has 6 rings (SSSR count). The van der Waals surface area contributed by atoms with Crippen molar-refractivity contribution in [3.8, 4) is 34.6 Å². The molecule has 4 unspecified atom stereocenters. The van der Waals surface area contributed by atoms with Gasteiger partial charge in [-0.2, -0.15) is 0 Å². The van der Waals surface area contributed by atoms with E-state index >= 15 is 0 Å². The van der Waals surface area contributed by atoms with Crippen LogP contribution < -0.4 is 16.4 Å². The van der Waals surface area contributed by atoms with E-state index in [-0.39, 0.29) is 24.4 Å². The minimum absolute atomic E-state index is 0.0202. The van der Waals surface area contributed by atoms with Gasteiger partial charge in [-0.1, -0.05) is 201 Å². The standard InChI is InChI=1S/C55H56N4/c1-6-18-52(58-42(4)53(19-7-2)49-25-15-10-16-26-49)27-17-20-41(3)44-30-28-43(29-31-44)40-57-55(51-38-34-48(35-39-51)46-23-13-9-14-24-46)59(5)54(56)50-36-32-47(33-37-50)45-21-11-8-12-22-45/h1,7-17,19-39,42,52,54-55,57-58H,2,18,40,56H2,3-5H3/b27-17+,41-20+,53-19+. The first-order valence-corrected chi connectivity index (χ1v) is 20.4. The molecular weight excluding hydrogens is 717 g/mol. The summed E-state index contributed by atoms with van der Waals surface area (Å²) in [5, 5.41) is 7.54.